The molecule has 0 radical (unpaired) electrons. The van der Waals surface area contributed by atoms with Gasteiger partial charge >= 0.3 is 11.8 Å². The third kappa shape index (κ3) is 5.30. The predicted octanol–water partition coefficient (Wildman–Crippen LogP) is 3.52. The van der Waals surface area contributed by atoms with Crippen molar-refractivity contribution in [1.29, 1.82) is 0 Å². The lowest BCUT2D eigenvalue weighted by Gasteiger charge is -2.36. The first-order chi connectivity index (χ1) is 17.2. The molecule has 1 atom stereocenters. The number of hydrogen-bond acceptors (Lipinski definition) is 7. The quantitative estimate of drug-likeness (QED) is 0.342. The number of nitro benzene ring substituents is 1. The van der Waals surface area contributed by atoms with Crippen molar-refractivity contribution in [1.82, 2.24) is 5.32 Å². The van der Waals surface area contributed by atoms with Crippen molar-refractivity contribution in [3.63, 3.8) is 0 Å². The van der Waals surface area contributed by atoms with Crippen LogP contribution in [-0.2, 0) is 9.53 Å². The molecule has 2 N–H and O–H groups in total. The second-order valence-corrected chi connectivity index (χ2v) is 8.75. The SMILES string of the molecule is [C-]#[N+]C1(Nc2ccc([N+](=O)[O-])cc2)CCN(c2ccc(N3C[C@H](CNC(C)=O)OC3=O)cc2F)CC1. The number of nitrogens with one attached hydrogen (secondary N) is 2. The molecule has 0 aliphatic carbocycles. The van der Waals surface area contributed by atoms with Crippen LogP contribution in [0.2, 0.25) is 0 Å². The zero-order valence-electron chi connectivity index (χ0n) is 19.6. The number of nitro groups is 1. The number of ether oxygens (including phenoxy) is 1. The lowest BCUT2D eigenvalue weighted by molar-refractivity contribution is -0.384. The normalized spacial score (nSPS) is 18.8. The van der Waals surface area contributed by atoms with Gasteiger partial charge in [0, 0.05) is 37.8 Å². The molecule has 36 heavy (non-hydrogen) atoms. The summed E-state index contributed by atoms with van der Waals surface area (Å²) >= 11 is 0. The van der Waals surface area contributed by atoms with E-state index >= 15 is 4.39 Å². The molecule has 2 aliphatic heterocycles. The van der Waals surface area contributed by atoms with Crippen molar-refractivity contribution < 1.29 is 23.6 Å². The summed E-state index contributed by atoms with van der Waals surface area (Å²) in [5, 5.41) is 16.6. The van der Waals surface area contributed by atoms with Gasteiger partial charge in [0.15, 0.2) is 0 Å². The van der Waals surface area contributed by atoms with E-state index in [1.165, 1.54) is 30.0 Å². The molecule has 2 aromatic rings. The van der Waals surface area contributed by atoms with E-state index in [4.69, 9.17) is 11.3 Å². The van der Waals surface area contributed by atoms with E-state index in [0.29, 0.717) is 43.0 Å². The fourth-order valence-electron chi connectivity index (χ4n) is 4.33. The van der Waals surface area contributed by atoms with Crippen LogP contribution in [-0.4, -0.2) is 54.9 Å². The number of benzene rings is 2. The molecule has 2 fully saturated rings. The minimum Gasteiger partial charge on any atom is -0.442 e. The average Bonchev–Trinajstić information content (AvgIpc) is 3.24. The number of anilines is 3. The Morgan fingerprint density at radius 3 is 2.56 bits per heavy atom. The topological polar surface area (TPSA) is 121 Å². The van der Waals surface area contributed by atoms with Gasteiger partial charge in [-0.3, -0.25) is 24.7 Å². The molecule has 188 valence electrons. The molecule has 0 aromatic heterocycles. The predicted molar refractivity (Wildman–Crippen MR) is 130 cm³/mol. The fraction of sp³-hybridized carbons (Fsp3) is 0.375. The molecule has 11 nitrogen and oxygen atoms in total. The zero-order chi connectivity index (χ0) is 25.9. The molecule has 12 heteroatoms. The standard InChI is InChI=1S/C24H25FN6O5/c1-16(32)27-14-20-15-30(23(33)36-20)19-7-8-22(21(25)13-19)29-11-9-24(26-2,10-12-29)28-17-3-5-18(6-4-17)31(34)35/h3-8,13,20,28H,9-12,14-15H2,1H3,(H,27,32)/t20-/m0/s1. The number of piperidine rings is 1. The summed E-state index contributed by atoms with van der Waals surface area (Å²) in [7, 11) is 0. The Morgan fingerprint density at radius 1 is 1.28 bits per heavy atom. The Bertz CT molecular complexity index is 1210. The van der Waals surface area contributed by atoms with Gasteiger partial charge in [-0.05, 0) is 30.3 Å². The van der Waals surface area contributed by atoms with Gasteiger partial charge in [0.2, 0.25) is 5.91 Å². The Labute approximate surface area is 206 Å². The van der Waals surface area contributed by atoms with Crippen molar-refractivity contribution in [3.8, 4) is 0 Å². The second kappa shape index (κ2) is 10.1. The Morgan fingerprint density at radius 2 is 1.97 bits per heavy atom. The molecular formula is C24H25FN6O5. The van der Waals surface area contributed by atoms with Crippen LogP contribution in [0.25, 0.3) is 4.85 Å². The monoisotopic (exact) mass is 496 g/mol. The first-order valence-corrected chi connectivity index (χ1v) is 11.4. The van der Waals surface area contributed by atoms with Gasteiger partial charge in [0.05, 0.1) is 42.2 Å². The number of rotatable bonds is 7. The molecule has 0 bridgehead atoms. The molecule has 0 spiro atoms. The number of halogens is 1. The third-order valence-corrected chi connectivity index (χ3v) is 6.30. The molecule has 2 saturated heterocycles. The Hall–Kier alpha value is -4.40. The number of cyclic esters (lactones) is 1. The summed E-state index contributed by atoms with van der Waals surface area (Å²) < 4.78 is 20.3. The van der Waals surface area contributed by atoms with Crippen LogP contribution in [0.3, 0.4) is 0 Å². The highest BCUT2D eigenvalue weighted by Crippen LogP contribution is 2.34. The van der Waals surface area contributed by atoms with Crippen molar-refractivity contribution in [3.05, 3.63) is 69.8 Å². The van der Waals surface area contributed by atoms with Gasteiger partial charge in [-0.2, -0.15) is 0 Å². The maximum absolute atomic E-state index is 15.1. The van der Waals surface area contributed by atoms with Gasteiger partial charge in [-0.25, -0.2) is 15.8 Å². The van der Waals surface area contributed by atoms with Crippen LogP contribution in [0.1, 0.15) is 19.8 Å². The first kappa shape index (κ1) is 24.7. The zero-order valence-corrected chi connectivity index (χ0v) is 19.6. The lowest BCUT2D eigenvalue weighted by atomic mass is 9.96. The molecule has 2 amide bonds. The third-order valence-electron chi connectivity index (χ3n) is 6.30. The number of carbonyl (C=O) groups excluding carboxylic acids is 2. The maximum Gasteiger partial charge on any atom is 0.414 e. The lowest BCUT2D eigenvalue weighted by Crippen LogP contribution is -2.47. The maximum atomic E-state index is 15.1. The van der Waals surface area contributed by atoms with Gasteiger partial charge in [0.25, 0.3) is 5.69 Å². The molecule has 2 aromatic carbocycles. The highest BCUT2D eigenvalue weighted by Gasteiger charge is 2.41. The van der Waals surface area contributed by atoms with Crippen molar-refractivity contribution in [2.24, 2.45) is 0 Å². The largest absolute Gasteiger partial charge is 0.442 e. The van der Waals surface area contributed by atoms with E-state index in [-0.39, 0.29) is 24.7 Å². The molecule has 4 rings (SSSR count). The minimum atomic E-state index is -0.898. The van der Waals surface area contributed by atoms with Crippen LogP contribution in [0.4, 0.5) is 31.9 Å². The van der Waals surface area contributed by atoms with E-state index < -0.39 is 28.6 Å². The summed E-state index contributed by atoms with van der Waals surface area (Å²) in [6, 6.07) is 10.4. The average molecular weight is 496 g/mol. The van der Waals surface area contributed by atoms with Gasteiger partial charge in [0.1, 0.15) is 11.9 Å². The van der Waals surface area contributed by atoms with Crippen LogP contribution in [0.5, 0.6) is 0 Å². The van der Waals surface area contributed by atoms with Crippen molar-refractivity contribution in [2.75, 3.05) is 41.3 Å². The second-order valence-electron chi connectivity index (χ2n) is 8.75. The molecule has 0 saturated carbocycles. The highest BCUT2D eigenvalue weighted by molar-refractivity contribution is 5.90. The van der Waals surface area contributed by atoms with Crippen LogP contribution in [0.15, 0.2) is 42.5 Å². The van der Waals surface area contributed by atoms with E-state index in [9.17, 15) is 19.7 Å². The summed E-state index contributed by atoms with van der Waals surface area (Å²) in [5.74, 6) is -0.726. The van der Waals surface area contributed by atoms with Crippen LogP contribution >= 0.6 is 0 Å². The van der Waals surface area contributed by atoms with Crippen molar-refractivity contribution >= 4 is 34.7 Å². The van der Waals surface area contributed by atoms with E-state index in [0.717, 1.165) is 0 Å². The molecule has 0 unspecified atom stereocenters. The van der Waals surface area contributed by atoms with E-state index in [1.807, 2.05) is 4.90 Å². The molecule has 2 heterocycles. The summed E-state index contributed by atoms with van der Waals surface area (Å²) in [5.41, 5.74) is 0.408. The number of non-ortho nitro benzene ring substituents is 1. The number of carbonyl (C=O) groups is 2. The summed E-state index contributed by atoms with van der Waals surface area (Å²) in [6.45, 7) is 10.3. The first-order valence-electron chi connectivity index (χ1n) is 11.4. The number of nitrogens with zero attached hydrogens (tertiary/aromatic N) is 4. The Kier molecular flexibility index (Phi) is 6.91. The van der Waals surface area contributed by atoms with E-state index in [2.05, 4.69) is 15.5 Å². The smallest absolute Gasteiger partial charge is 0.414 e. The number of amides is 2. The van der Waals surface area contributed by atoms with Gasteiger partial charge in [-0.1, -0.05) is 0 Å². The molecular weight excluding hydrogens is 471 g/mol. The number of hydrogen-bond donors (Lipinski definition) is 2. The summed E-state index contributed by atoms with van der Waals surface area (Å²) in [4.78, 5) is 40.7. The van der Waals surface area contributed by atoms with E-state index in [1.54, 1.807) is 24.3 Å². The van der Waals surface area contributed by atoms with Crippen LogP contribution in [0, 0.1) is 22.5 Å². The van der Waals surface area contributed by atoms with Gasteiger partial charge < -0.3 is 20.3 Å². The van der Waals surface area contributed by atoms with Gasteiger partial charge in [-0.15, -0.1) is 0 Å². The minimum absolute atomic E-state index is 0.0309. The Balaban J connectivity index is 1.39. The van der Waals surface area contributed by atoms with Crippen molar-refractivity contribution in [2.45, 2.75) is 31.5 Å². The summed E-state index contributed by atoms with van der Waals surface area (Å²) in [6.07, 6.45) is -0.290. The van der Waals surface area contributed by atoms with Crippen LogP contribution < -0.4 is 20.4 Å². The molecule has 2 aliphatic rings. The highest BCUT2D eigenvalue weighted by atomic mass is 19.1. The fourth-order valence-corrected chi connectivity index (χ4v) is 4.33.